The highest BCUT2D eigenvalue weighted by molar-refractivity contribution is 7.96. The predicted octanol–water partition coefficient (Wildman–Crippen LogP) is 3.20. The molecule has 0 aliphatic heterocycles. The van der Waals surface area contributed by atoms with E-state index in [0.717, 1.165) is 0 Å². The van der Waals surface area contributed by atoms with E-state index in [1.165, 1.54) is 6.07 Å². The van der Waals surface area contributed by atoms with E-state index in [2.05, 4.69) is 9.07 Å². The molecule has 23 heavy (non-hydrogen) atoms. The van der Waals surface area contributed by atoms with Crippen molar-refractivity contribution in [2.75, 3.05) is 13.2 Å². The second-order valence-electron chi connectivity index (χ2n) is 4.29. The van der Waals surface area contributed by atoms with Crippen molar-refractivity contribution in [3.05, 3.63) is 36.4 Å². The van der Waals surface area contributed by atoms with Crippen LogP contribution in [0.4, 0.5) is 8.78 Å². The first-order valence-corrected chi connectivity index (χ1v) is 7.07. The zero-order valence-corrected chi connectivity index (χ0v) is 12.4. The Balaban J connectivity index is 1.93. The molecule has 0 atom stereocenters. The van der Waals surface area contributed by atoms with Crippen LogP contribution in [0.3, 0.4) is 0 Å². The summed E-state index contributed by atoms with van der Waals surface area (Å²) in [6, 6.07) is 9.87. The average Bonchev–Trinajstić information content (AvgIpc) is 2.52. The number of hydrogen-bond donors (Lipinski definition) is 2. The zero-order chi connectivity index (χ0) is 16.9. The fourth-order valence-corrected chi connectivity index (χ4v) is 2.06. The van der Waals surface area contributed by atoms with Crippen molar-refractivity contribution in [3.8, 4) is 11.5 Å². The summed E-state index contributed by atoms with van der Waals surface area (Å²) in [6.07, 6.45) is 0. The smallest absolute Gasteiger partial charge is 0.415 e. The number of hydrogen-bond acceptors (Lipinski definition) is 7. The SMILES string of the molecule is O=C(OCCOc1cccc2c(O)cccc12)C(F)(F)SOO. The summed E-state index contributed by atoms with van der Waals surface area (Å²) in [6.45, 7) is -0.586. The predicted molar refractivity (Wildman–Crippen MR) is 78.3 cm³/mol. The van der Waals surface area contributed by atoms with Gasteiger partial charge >= 0.3 is 11.2 Å². The molecule has 0 aliphatic rings. The van der Waals surface area contributed by atoms with Gasteiger partial charge < -0.3 is 14.6 Å². The van der Waals surface area contributed by atoms with Gasteiger partial charge in [-0.15, -0.1) is 0 Å². The highest BCUT2D eigenvalue weighted by Crippen LogP contribution is 2.32. The lowest BCUT2D eigenvalue weighted by Gasteiger charge is -2.13. The van der Waals surface area contributed by atoms with Crippen LogP contribution in [0.1, 0.15) is 0 Å². The molecule has 0 heterocycles. The number of phenolic OH excluding ortho intramolecular Hbond substituents is 1. The number of esters is 1. The first-order chi connectivity index (χ1) is 11.0. The number of carbonyl (C=O) groups is 1. The van der Waals surface area contributed by atoms with Crippen molar-refractivity contribution in [2.24, 2.45) is 0 Å². The van der Waals surface area contributed by atoms with Gasteiger partial charge in [-0.3, -0.25) is 0 Å². The molecule has 2 N–H and O–H groups in total. The highest BCUT2D eigenvalue weighted by Gasteiger charge is 2.43. The van der Waals surface area contributed by atoms with E-state index in [-0.39, 0.29) is 12.4 Å². The fourth-order valence-electron chi connectivity index (χ4n) is 1.84. The Kier molecular flexibility index (Phi) is 5.59. The Morgan fingerprint density at radius 1 is 1.13 bits per heavy atom. The molecule has 6 nitrogen and oxygen atoms in total. The maximum atomic E-state index is 13.0. The molecule has 9 heteroatoms. The van der Waals surface area contributed by atoms with Crippen LogP contribution < -0.4 is 4.74 Å². The summed E-state index contributed by atoms with van der Waals surface area (Å²) in [5.74, 6) is -1.36. The molecule has 2 aromatic carbocycles. The monoisotopic (exact) mass is 346 g/mol. The first kappa shape index (κ1) is 17.3. The van der Waals surface area contributed by atoms with Crippen LogP contribution in [-0.4, -0.2) is 34.8 Å². The summed E-state index contributed by atoms with van der Waals surface area (Å²) in [4.78, 5) is 11.1. The molecule has 0 fully saturated rings. The molecule has 0 saturated carbocycles. The summed E-state index contributed by atoms with van der Waals surface area (Å²) < 4.78 is 38.8. The van der Waals surface area contributed by atoms with Gasteiger partial charge in [0.1, 0.15) is 36.8 Å². The van der Waals surface area contributed by atoms with Gasteiger partial charge in [-0.05, 0) is 12.1 Å². The maximum absolute atomic E-state index is 13.0. The van der Waals surface area contributed by atoms with Crippen molar-refractivity contribution in [1.29, 1.82) is 0 Å². The van der Waals surface area contributed by atoms with Gasteiger partial charge in [-0.1, -0.05) is 24.3 Å². The second-order valence-corrected chi connectivity index (χ2v) is 5.12. The van der Waals surface area contributed by atoms with Gasteiger partial charge in [0.2, 0.25) is 0 Å². The number of halogens is 2. The van der Waals surface area contributed by atoms with Gasteiger partial charge in [0.05, 0.1) is 0 Å². The molecule has 0 amide bonds. The number of rotatable bonds is 7. The van der Waals surface area contributed by atoms with E-state index >= 15 is 0 Å². The molecule has 0 aromatic heterocycles. The maximum Gasteiger partial charge on any atom is 0.415 e. The molecule has 124 valence electrons. The van der Waals surface area contributed by atoms with E-state index < -0.39 is 29.9 Å². The summed E-state index contributed by atoms with van der Waals surface area (Å²) in [7, 11) is 0. The summed E-state index contributed by atoms with van der Waals surface area (Å²) >= 11 is -0.721. The topological polar surface area (TPSA) is 85.2 Å². The molecule has 0 aliphatic carbocycles. The van der Waals surface area contributed by atoms with E-state index in [9.17, 15) is 18.7 Å². The third-order valence-corrected chi connectivity index (χ3v) is 3.26. The standard InChI is InChI=1S/C14H12F2O6S/c15-14(16,23-22-19)13(18)21-8-7-20-12-6-2-3-9-10(12)4-1-5-11(9)17/h1-6,17,19H,7-8H2. The van der Waals surface area contributed by atoms with Crippen molar-refractivity contribution in [1.82, 2.24) is 0 Å². The van der Waals surface area contributed by atoms with Crippen LogP contribution in [0.15, 0.2) is 36.4 Å². The number of ether oxygens (including phenoxy) is 2. The lowest BCUT2D eigenvalue weighted by atomic mass is 10.1. The van der Waals surface area contributed by atoms with Gasteiger partial charge in [0, 0.05) is 10.8 Å². The number of fused-ring (bicyclic) bond motifs is 1. The van der Waals surface area contributed by atoms with Crippen molar-refractivity contribution >= 4 is 28.8 Å². The van der Waals surface area contributed by atoms with Crippen LogP contribution >= 0.6 is 12.0 Å². The highest BCUT2D eigenvalue weighted by atomic mass is 32.2. The van der Waals surface area contributed by atoms with Crippen LogP contribution in [0.2, 0.25) is 0 Å². The Morgan fingerprint density at radius 3 is 2.57 bits per heavy atom. The van der Waals surface area contributed by atoms with Crippen molar-refractivity contribution in [3.63, 3.8) is 0 Å². The van der Waals surface area contributed by atoms with E-state index in [4.69, 9.17) is 9.99 Å². The number of benzene rings is 2. The van der Waals surface area contributed by atoms with Crippen LogP contribution in [0.25, 0.3) is 10.8 Å². The number of aromatic hydroxyl groups is 1. The lowest BCUT2D eigenvalue weighted by Crippen LogP contribution is -2.28. The summed E-state index contributed by atoms with van der Waals surface area (Å²) in [5.41, 5.74) is 0. The first-order valence-electron chi connectivity index (χ1n) is 6.33. The van der Waals surface area contributed by atoms with Gasteiger partial charge in [-0.25, -0.2) is 10.1 Å². The minimum atomic E-state index is -4.01. The summed E-state index contributed by atoms with van der Waals surface area (Å²) in [5, 5.41) is 14.9. The Bertz CT molecular complexity index is 694. The lowest BCUT2D eigenvalue weighted by molar-refractivity contribution is -0.165. The Hall–Kier alpha value is -2.10. The normalized spacial score (nSPS) is 11.4. The number of alkyl halides is 2. The van der Waals surface area contributed by atoms with E-state index in [0.29, 0.717) is 16.5 Å². The third kappa shape index (κ3) is 4.21. The third-order valence-electron chi connectivity index (χ3n) is 2.81. The van der Waals surface area contributed by atoms with Crippen LogP contribution in [0.5, 0.6) is 11.5 Å². The van der Waals surface area contributed by atoms with Gasteiger partial charge in [0.15, 0.2) is 0 Å². The molecule has 0 unspecified atom stereocenters. The average molecular weight is 346 g/mol. The molecular formula is C14H12F2O6S. The number of phenols is 1. The molecule has 0 bridgehead atoms. The number of carbonyl (C=O) groups excluding carboxylic acids is 1. The minimum Gasteiger partial charge on any atom is -0.507 e. The minimum absolute atomic E-state index is 0.0834. The molecule has 2 aromatic rings. The van der Waals surface area contributed by atoms with Gasteiger partial charge in [0.25, 0.3) is 0 Å². The van der Waals surface area contributed by atoms with E-state index in [1.807, 2.05) is 0 Å². The van der Waals surface area contributed by atoms with Crippen molar-refractivity contribution < 1.29 is 37.7 Å². The van der Waals surface area contributed by atoms with Crippen LogP contribution in [-0.2, 0) is 13.9 Å². The zero-order valence-electron chi connectivity index (χ0n) is 11.6. The molecule has 2 rings (SSSR count). The quantitative estimate of drug-likeness (QED) is 0.262. The Labute approximate surface area is 133 Å². The van der Waals surface area contributed by atoms with Crippen LogP contribution in [0, 0.1) is 0 Å². The van der Waals surface area contributed by atoms with Gasteiger partial charge in [-0.2, -0.15) is 13.1 Å². The van der Waals surface area contributed by atoms with E-state index in [1.54, 1.807) is 30.3 Å². The fraction of sp³-hybridized carbons (Fsp3) is 0.214. The second kappa shape index (κ2) is 7.44. The molecular weight excluding hydrogens is 334 g/mol. The molecule has 0 radical (unpaired) electrons. The molecule has 0 saturated heterocycles. The van der Waals surface area contributed by atoms with Crippen molar-refractivity contribution in [2.45, 2.75) is 5.25 Å². The molecule has 0 spiro atoms. The largest absolute Gasteiger partial charge is 0.507 e. The Morgan fingerprint density at radius 2 is 1.83 bits per heavy atom.